The van der Waals surface area contributed by atoms with Crippen molar-refractivity contribution in [2.24, 2.45) is 5.92 Å². The molecule has 0 aliphatic carbocycles. The van der Waals surface area contributed by atoms with Gasteiger partial charge in [-0.25, -0.2) is 4.39 Å². The van der Waals surface area contributed by atoms with E-state index in [1.807, 2.05) is 12.1 Å². The molecule has 2 nitrogen and oxygen atoms in total. The highest BCUT2D eigenvalue weighted by Gasteiger charge is 2.29. The molecule has 0 bridgehead atoms. The van der Waals surface area contributed by atoms with E-state index in [2.05, 4.69) is 19.2 Å². The Morgan fingerprint density at radius 2 is 2.21 bits per heavy atom. The van der Waals surface area contributed by atoms with Crippen molar-refractivity contribution in [3.63, 3.8) is 0 Å². The van der Waals surface area contributed by atoms with Gasteiger partial charge in [-0.05, 0) is 44.4 Å². The molecule has 106 valence electrons. The monoisotopic (exact) mass is 265 g/mol. The van der Waals surface area contributed by atoms with E-state index in [9.17, 15) is 4.39 Å². The molecule has 1 aromatic rings. The van der Waals surface area contributed by atoms with Crippen molar-refractivity contribution in [1.82, 2.24) is 5.32 Å². The molecule has 1 heterocycles. The highest BCUT2D eigenvalue weighted by molar-refractivity contribution is 5.18. The van der Waals surface area contributed by atoms with E-state index < -0.39 is 0 Å². The highest BCUT2D eigenvalue weighted by atomic mass is 19.1. The first-order valence-corrected chi connectivity index (χ1v) is 7.29. The van der Waals surface area contributed by atoms with Gasteiger partial charge < -0.3 is 10.1 Å². The third-order valence-corrected chi connectivity index (χ3v) is 3.85. The van der Waals surface area contributed by atoms with Crippen molar-refractivity contribution in [3.05, 3.63) is 35.6 Å². The van der Waals surface area contributed by atoms with Crippen LogP contribution in [-0.2, 0) is 11.2 Å². The van der Waals surface area contributed by atoms with Gasteiger partial charge >= 0.3 is 0 Å². The van der Waals surface area contributed by atoms with Crippen molar-refractivity contribution < 1.29 is 9.13 Å². The molecule has 1 fully saturated rings. The summed E-state index contributed by atoms with van der Waals surface area (Å²) in [6.45, 7) is 6.03. The van der Waals surface area contributed by atoms with Gasteiger partial charge in [-0.2, -0.15) is 0 Å². The molecule has 3 heteroatoms. The summed E-state index contributed by atoms with van der Waals surface area (Å²) >= 11 is 0. The second-order valence-corrected chi connectivity index (χ2v) is 5.50. The lowest BCUT2D eigenvalue weighted by atomic mass is 9.91. The maximum Gasteiger partial charge on any atom is 0.126 e. The van der Waals surface area contributed by atoms with Crippen molar-refractivity contribution >= 4 is 0 Å². The minimum Gasteiger partial charge on any atom is -0.378 e. The van der Waals surface area contributed by atoms with Gasteiger partial charge in [0, 0.05) is 12.0 Å². The van der Waals surface area contributed by atoms with Crippen LogP contribution < -0.4 is 5.32 Å². The predicted octanol–water partition coefficient (Wildman–Crippen LogP) is 3.16. The van der Waals surface area contributed by atoms with Gasteiger partial charge in [-0.3, -0.25) is 0 Å². The van der Waals surface area contributed by atoms with E-state index in [1.54, 1.807) is 12.1 Å². The average molecular weight is 265 g/mol. The average Bonchev–Trinajstić information content (AvgIpc) is 2.83. The molecular weight excluding hydrogens is 241 g/mol. The third-order valence-electron chi connectivity index (χ3n) is 3.85. The number of rotatable bonds is 6. The Bertz CT molecular complexity index is 396. The molecule has 1 aliphatic heterocycles. The minimum absolute atomic E-state index is 0.0993. The van der Waals surface area contributed by atoms with Gasteiger partial charge in [0.25, 0.3) is 0 Å². The van der Waals surface area contributed by atoms with E-state index >= 15 is 0 Å². The highest BCUT2D eigenvalue weighted by Crippen LogP contribution is 2.25. The molecule has 1 aliphatic rings. The zero-order valence-corrected chi connectivity index (χ0v) is 11.9. The lowest BCUT2D eigenvalue weighted by Crippen LogP contribution is -2.39. The molecule has 3 unspecified atom stereocenters. The number of halogens is 1. The Kier molecular flexibility index (Phi) is 5.34. The second kappa shape index (κ2) is 7.01. The largest absolute Gasteiger partial charge is 0.378 e. The van der Waals surface area contributed by atoms with Crippen LogP contribution in [0.15, 0.2) is 24.3 Å². The van der Waals surface area contributed by atoms with Gasteiger partial charge in [0.05, 0.1) is 12.7 Å². The van der Waals surface area contributed by atoms with Crippen molar-refractivity contribution in [3.8, 4) is 0 Å². The first-order valence-electron chi connectivity index (χ1n) is 7.29. The number of nitrogens with one attached hydrogen (secondary N) is 1. The minimum atomic E-state index is -0.0993. The summed E-state index contributed by atoms with van der Waals surface area (Å²) in [6.07, 6.45) is 3.23. The zero-order chi connectivity index (χ0) is 13.7. The molecule has 0 aromatic heterocycles. The van der Waals surface area contributed by atoms with E-state index in [-0.39, 0.29) is 5.82 Å². The summed E-state index contributed by atoms with van der Waals surface area (Å²) in [6, 6.07) is 7.38. The third kappa shape index (κ3) is 4.02. The van der Waals surface area contributed by atoms with Crippen LogP contribution in [0.1, 0.15) is 32.3 Å². The van der Waals surface area contributed by atoms with Gasteiger partial charge in [0.15, 0.2) is 0 Å². The van der Waals surface area contributed by atoms with Crippen molar-refractivity contribution in [1.29, 1.82) is 0 Å². The van der Waals surface area contributed by atoms with E-state index in [1.165, 1.54) is 0 Å². The van der Waals surface area contributed by atoms with Crippen LogP contribution in [0.4, 0.5) is 4.39 Å². The Labute approximate surface area is 115 Å². The van der Waals surface area contributed by atoms with Crippen LogP contribution in [0, 0.1) is 11.7 Å². The fourth-order valence-electron chi connectivity index (χ4n) is 2.77. The first-order chi connectivity index (χ1) is 9.20. The smallest absolute Gasteiger partial charge is 0.126 e. The summed E-state index contributed by atoms with van der Waals surface area (Å²) in [5.74, 6) is 0.388. The maximum atomic E-state index is 13.8. The molecule has 0 spiro atoms. The summed E-state index contributed by atoms with van der Waals surface area (Å²) in [4.78, 5) is 0. The van der Waals surface area contributed by atoms with Crippen LogP contribution in [0.25, 0.3) is 0 Å². The molecule has 1 N–H and O–H groups in total. The lowest BCUT2D eigenvalue weighted by Gasteiger charge is -2.24. The molecule has 2 rings (SSSR count). The summed E-state index contributed by atoms with van der Waals surface area (Å²) in [7, 11) is 0. The first kappa shape index (κ1) is 14.5. The molecule has 19 heavy (non-hydrogen) atoms. The van der Waals surface area contributed by atoms with Crippen LogP contribution in [-0.4, -0.2) is 25.3 Å². The number of hydrogen-bond donors (Lipinski definition) is 1. The van der Waals surface area contributed by atoms with Crippen molar-refractivity contribution in [2.75, 3.05) is 13.2 Å². The van der Waals surface area contributed by atoms with Gasteiger partial charge in [-0.1, -0.05) is 25.1 Å². The van der Waals surface area contributed by atoms with Gasteiger partial charge in [0.1, 0.15) is 5.82 Å². The maximum absolute atomic E-state index is 13.8. The number of benzene rings is 1. The molecule has 1 saturated heterocycles. The fraction of sp³-hybridized carbons (Fsp3) is 0.625. The Morgan fingerprint density at radius 1 is 1.42 bits per heavy atom. The zero-order valence-electron chi connectivity index (χ0n) is 11.9. The second-order valence-electron chi connectivity index (χ2n) is 5.50. The fourth-order valence-corrected chi connectivity index (χ4v) is 2.77. The van der Waals surface area contributed by atoms with Gasteiger partial charge in [-0.15, -0.1) is 0 Å². The normalized spacial score (nSPS) is 24.6. The number of hydrogen-bond acceptors (Lipinski definition) is 2. The summed E-state index contributed by atoms with van der Waals surface area (Å²) < 4.78 is 19.4. The van der Waals surface area contributed by atoms with E-state index in [4.69, 9.17) is 4.74 Å². The predicted molar refractivity (Wildman–Crippen MR) is 75.7 cm³/mol. The van der Waals surface area contributed by atoms with Crippen LogP contribution >= 0.6 is 0 Å². The van der Waals surface area contributed by atoms with Crippen molar-refractivity contribution in [2.45, 2.75) is 45.3 Å². The van der Waals surface area contributed by atoms with Crippen LogP contribution in [0.3, 0.4) is 0 Å². The van der Waals surface area contributed by atoms with E-state index in [0.717, 1.165) is 38.0 Å². The molecule has 0 saturated carbocycles. The quantitative estimate of drug-likeness (QED) is 0.853. The number of ether oxygens (including phenoxy) is 1. The molecule has 0 radical (unpaired) electrons. The molecular formula is C16H24FNO. The topological polar surface area (TPSA) is 21.3 Å². The van der Waals surface area contributed by atoms with Crippen LogP contribution in [0.2, 0.25) is 0 Å². The van der Waals surface area contributed by atoms with Gasteiger partial charge in [0.2, 0.25) is 0 Å². The SMILES string of the molecule is CCCNC(Cc1ccccc1F)C1COC(C)C1. The standard InChI is InChI=1S/C16H24FNO/c1-3-8-18-16(14-9-12(2)19-11-14)10-13-6-4-5-7-15(13)17/h4-7,12,14,16,18H,3,8-11H2,1-2H3. The molecule has 3 atom stereocenters. The Morgan fingerprint density at radius 3 is 2.84 bits per heavy atom. The summed E-state index contributed by atoms with van der Waals surface area (Å²) in [5, 5.41) is 3.56. The Hall–Kier alpha value is -0.930. The Balaban J connectivity index is 2.03. The summed E-state index contributed by atoms with van der Waals surface area (Å²) in [5.41, 5.74) is 0.802. The molecule has 1 aromatic carbocycles. The molecule has 0 amide bonds. The van der Waals surface area contributed by atoms with Crippen LogP contribution in [0.5, 0.6) is 0 Å². The lowest BCUT2D eigenvalue weighted by molar-refractivity contribution is 0.116. The van der Waals surface area contributed by atoms with E-state index in [0.29, 0.717) is 18.1 Å².